The van der Waals surface area contributed by atoms with Crippen molar-refractivity contribution in [2.45, 2.75) is 82.4 Å². The molecule has 0 saturated carbocycles. The highest BCUT2D eigenvalue weighted by molar-refractivity contribution is 5.17. The van der Waals surface area contributed by atoms with Crippen molar-refractivity contribution in [3.63, 3.8) is 0 Å². The number of fused-ring (bicyclic) bond motifs is 1. The van der Waals surface area contributed by atoms with Crippen LogP contribution in [-0.4, -0.2) is 59.0 Å². The SMILES string of the molecule is CC1(C)O[C@@H]2[C@H](O1)[C@H]([C@H](c1ccco1)N(O)Cc1ccccc1)O[C@@H]2[C@H]1COC(C)(C)O1. The van der Waals surface area contributed by atoms with Gasteiger partial charge in [-0.25, -0.2) is 0 Å². The molecular weight excluding hydrogens is 414 g/mol. The molecule has 6 atom stereocenters. The molecule has 1 aromatic heterocycles. The van der Waals surface area contributed by atoms with Crippen LogP contribution in [-0.2, 0) is 30.2 Å². The predicted molar refractivity (Wildman–Crippen MR) is 113 cm³/mol. The van der Waals surface area contributed by atoms with E-state index in [1.54, 1.807) is 12.3 Å². The van der Waals surface area contributed by atoms with Crippen molar-refractivity contribution in [3.8, 4) is 0 Å². The van der Waals surface area contributed by atoms with Crippen LogP contribution in [0.5, 0.6) is 0 Å². The van der Waals surface area contributed by atoms with Crippen LogP contribution in [0.2, 0.25) is 0 Å². The molecular formula is C24H31NO7. The number of benzene rings is 1. The second kappa shape index (κ2) is 8.22. The van der Waals surface area contributed by atoms with Gasteiger partial charge in [-0.15, -0.1) is 0 Å². The van der Waals surface area contributed by atoms with Gasteiger partial charge in [-0.05, 0) is 45.4 Å². The summed E-state index contributed by atoms with van der Waals surface area (Å²) in [5, 5.41) is 12.5. The van der Waals surface area contributed by atoms with E-state index in [1.165, 1.54) is 5.06 Å². The molecule has 4 heterocycles. The minimum atomic E-state index is -0.780. The maximum atomic E-state index is 11.2. The van der Waals surface area contributed by atoms with E-state index in [4.69, 9.17) is 28.1 Å². The first-order valence-corrected chi connectivity index (χ1v) is 11.1. The third-order valence-electron chi connectivity index (χ3n) is 6.18. The summed E-state index contributed by atoms with van der Waals surface area (Å²) in [4.78, 5) is 0. The van der Waals surface area contributed by atoms with E-state index in [0.717, 1.165) is 5.56 Å². The van der Waals surface area contributed by atoms with Crippen molar-refractivity contribution in [2.75, 3.05) is 6.61 Å². The Labute approximate surface area is 187 Å². The van der Waals surface area contributed by atoms with Crippen LogP contribution >= 0.6 is 0 Å². The molecule has 2 aromatic rings. The van der Waals surface area contributed by atoms with Crippen LogP contribution in [0.15, 0.2) is 53.1 Å². The van der Waals surface area contributed by atoms with Gasteiger partial charge in [0, 0.05) is 6.54 Å². The molecule has 1 aromatic carbocycles. The Morgan fingerprint density at radius 3 is 2.34 bits per heavy atom. The van der Waals surface area contributed by atoms with E-state index >= 15 is 0 Å². The minimum absolute atomic E-state index is 0.300. The number of nitrogens with zero attached hydrogens (tertiary/aromatic N) is 1. The molecule has 0 radical (unpaired) electrons. The minimum Gasteiger partial charge on any atom is -0.467 e. The van der Waals surface area contributed by atoms with E-state index in [-0.39, 0.29) is 12.2 Å². The number of furan rings is 1. The van der Waals surface area contributed by atoms with Crippen molar-refractivity contribution < 1.29 is 33.3 Å². The largest absolute Gasteiger partial charge is 0.467 e. The zero-order valence-corrected chi connectivity index (χ0v) is 18.8. The van der Waals surface area contributed by atoms with Gasteiger partial charge in [0.15, 0.2) is 11.6 Å². The van der Waals surface area contributed by atoms with Gasteiger partial charge in [-0.3, -0.25) is 0 Å². The smallest absolute Gasteiger partial charge is 0.164 e. The first kappa shape index (κ1) is 22.0. The molecule has 0 amide bonds. The summed E-state index contributed by atoms with van der Waals surface area (Å²) in [7, 11) is 0. The van der Waals surface area contributed by atoms with Crippen molar-refractivity contribution in [2.24, 2.45) is 0 Å². The highest BCUT2D eigenvalue weighted by Gasteiger charge is 2.61. The molecule has 0 aliphatic carbocycles. The lowest BCUT2D eigenvalue weighted by atomic mass is 9.98. The van der Waals surface area contributed by atoms with E-state index in [1.807, 2.05) is 64.1 Å². The summed E-state index contributed by atoms with van der Waals surface area (Å²) in [6, 6.07) is 12.8. The normalized spacial score (nSPS) is 34.1. The van der Waals surface area contributed by atoms with Gasteiger partial charge in [-0.1, -0.05) is 30.3 Å². The number of hydrogen-bond acceptors (Lipinski definition) is 8. The Kier molecular flexibility index (Phi) is 5.66. The molecule has 3 saturated heterocycles. The third-order valence-corrected chi connectivity index (χ3v) is 6.18. The standard InChI is InChI=1S/C24H31NO7/c1-23(2)28-14-17(30-23)19-21-22(32-24(3,4)31-21)20(29-19)18(16-11-8-12-27-16)25(26)13-15-9-6-5-7-10-15/h5-12,17-22,26H,13-14H2,1-4H3/t17-,18+,19-,20+,21+,22-/m1/s1. The molecule has 5 rings (SSSR count). The maximum Gasteiger partial charge on any atom is 0.164 e. The molecule has 3 fully saturated rings. The molecule has 1 N–H and O–H groups in total. The van der Waals surface area contributed by atoms with Gasteiger partial charge in [-0.2, -0.15) is 5.06 Å². The average Bonchev–Trinajstić information content (AvgIpc) is 3.49. The molecule has 0 spiro atoms. The molecule has 174 valence electrons. The monoisotopic (exact) mass is 445 g/mol. The summed E-state index contributed by atoms with van der Waals surface area (Å²) in [6.07, 6.45) is -0.439. The lowest BCUT2D eigenvalue weighted by molar-refractivity contribution is -0.234. The van der Waals surface area contributed by atoms with Gasteiger partial charge in [0.25, 0.3) is 0 Å². The molecule has 8 nitrogen and oxygen atoms in total. The molecule has 0 bridgehead atoms. The van der Waals surface area contributed by atoms with Gasteiger partial charge in [0.1, 0.15) is 42.3 Å². The van der Waals surface area contributed by atoms with Gasteiger partial charge >= 0.3 is 0 Å². The molecule has 3 aliphatic rings. The van der Waals surface area contributed by atoms with Crippen LogP contribution in [0.3, 0.4) is 0 Å². The first-order valence-electron chi connectivity index (χ1n) is 11.1. The zero-order chi connectivity index (χ0) is 22.5. The Balaban J connectivity index is 1.45. The summed E-state index contributed by atoms with van der Waals surface area (Å²) >= 11 is 0. The molecule has 3 aliphatic heterocycles. The highest BCUT2D eigenvalue weighted by atomic mass is 16.8. The van der Waals surface area contributed by atoms with Crippen molar-refractivity contribution >= 4 is 0 Å². The Bertz CT molecular complexity index is 900. The van der Waals surface area contributed by atoms with E-state index < -0.39 is 35.9 Å². The van der Waals surface area contributed by atoms with Crippen LogP contribution in [0.1, 0.15) is 45.1 Å². The summed E-state index contributed by atoms with van der Waals surface area (Å²) in [6.45, 7) is 8.24. The van der Waals surface area contributed by atoms with E-state index in [2.05, 4.69) is 0 Å². The average molecular weight is 446 g/mol. The maximum absolute atomic E-state index is 11.2. The summed E-state index contributed by atoms with van der Waals surface area (Å²) < 4.78 is 36.7. The molecule has 8 heteroatoms. The predicted octanol–water partition coefficient (Wildman–Crippen LogP) is 3.65. The van der Waals surface area contributed by atoms with E-state index in [9.17, 15) is 5.21 Å². The van der Waals surface area contributed by atoms with Gasteiger partial charge in [0.2, 0.25) is 0 Å². The topological polar surface area (TPSA) is 82.8 Å². The van der Waals surface area contributed by atoms with Crippen LogP contribution in [0, 0.1) is 0 Å². The third kappa shape index (κ3) is 4.24. The van der Waals surface area contributed by atoms with Crippen molar-refractivity contribution in [1.29, 1.82) is 0 Å². The zero-order valence-electron chi connectivity index (χ0n) is 18.8. The Hall–Kier alpha value is -1.78. The van der Waals surface area contributed by atoms with Crippen molar-refractivity contribution in [3.05, 3.63) is 60.1 Å². The van der Waals surface area contributed by atoms with Crippen LogP contribution < -0.4 is 0 Å². The fraction of sp³-hybridized carbons (Fsp3) is 0.583. The number of rotatable bonds is 6. The van der Waals surface area contributed by atoms with Crippen LogP contribution in [0.25, 0.3) is 0 Å². The number of hydrogen-bond donors (Lipinski definition) is 1. The highest BCUT2D eigenvalue weighted by Crippen LogP contribution is 2.46. The fourth-order valence-corrected chi connectivity index (χ4v) is 4.90. The number of hydroxylamine groups is 2. The van der Waals surface area contributed by atoms with E-state index in [0.29, 0.717) is 18.9 Å². The fourth-order valence-electron chi connectivity index (χ4n) is 4.90. The lowest BCUT2D eigenvalue weighted by Crippen LogP contribution is -2.41. The Morgan fingerprint density at radius 2 is 1.69 bits per heavy atom. The summed E-state index contributed by atoms with van der Waals surface area (Å²) in [5.74, 6) is -0.879. The first-order chi connectivity index (χ1) is 15.2. The second-order valence-electron chi connectivity index (χ2n) is 9.54. The van der Waals surface area contributed by atoms with Crippen molar-refractivity contribution in [1.82, 2.24) is 5.06 Å². The number of ether oxygens (including phenoxy) is 5. The van der Waals surface area contributed by atoms with Gasteiger partial charge in [0.05, 0.1) is 12.9 Å². The van der Waals surface area contributed by atoms with Gasteiger partial charge < -0.3 is 33.3 Å². The quantitative estimate of drug-likeness (QED) is 0.675. The molecule has 0 unspecified atom stereocenters. The van der Waals surface area contributed by atoms with Crippen LogP contribution in [0.4, 0.5) is 0 Å². The molecule has 32 heavy (non-hydrogen) atoms. The summed E-state index contributed by atoms with van der Waals surface area (Å²) in [5.41, 5.74) is 0.968. The Morgan fingerprint density at radius 1 is 0.938 bits per heavy atom. The second-order valence-corrected chi connectivity index (χ2v) is 9.54. The lowest BCUT2D eigenvalue weighted by Gasteiger charge is -2.33.